The number of nitro benzene ring substituents is 1. The molecule has 0 fully saturated rings. The number of unbranched alkanes of at least 4 members (excludes halogenated alkanes) is 3. The third-order valence-corrected chi connectivity index (χ3v) is 5.52. The molecule has 0 aliphatic rings. The lowest BCUT2D eigenvalue weighted by Gasteiger charge is -2.14. The number of aromatic nitrogens is 1. The molecule has 0 bridgehead atoms. The van der Waals surface area contributed by atoms with E-state index in [0.29, 0.717) is 5.52 Å². The molecule has 4 aromatic rings. The predicted molar refractivity (Wildman–Crippen MR) is 141 cm³/mol. The topological polar surface area (TPSA) is 94.1 Å². The maximum Gasteiger partial charge on any atom is 0.271 e. The Bertz CT molecular complexity index is 1220. The number of fused-ring (bicyclic) bond motifs is 2. The summed E-state index contributed by atoms with van der Waals surface area (Å²) in [7, 11) is 0. The molecule has 0 aliphatic heterocycles. The molecular weight excluding hydrogens is 459 g/mol. The number of anilines is 2. The minimum atomic E-state index is -0.391. The van der Waals surface area contributed by atoms with Crippen LogP contribution in [-0.4, -0.2) is 16.5 Å². The fourth-order valence-corrected chi connectivity index (χ4v) is 3.86. The van der Waals surface area contributed by atoms with Gasteiger partial charge in [0.25, 0.3) is 5.69 Å². The van der Waals surface area contributed by atoms with Crippen LogP contribution in [0.15, 0.2) is 66.7 Å². The average molecular weight is 487 g/mol. The smallest absolute Gasteiger partial charge is 0.271 e. The second-order valence-corrected chi connectivity index (χ2v) is 7.74. The molecule has 0 spiro atoms. The number of non-ortho nitro benzene ring substituents is 1. The van der Waals surface area contributed by atoms with E-state index in [1.165, 1.54) is 37.0 Å². The Hall–Kier alpha value is -2.93. The van der Waals surface area contributed by atoms with Crippen molar-refractivity contribution in [3.63, 3.8) is 0 Å². The number of nitro groups is 1. The van der Waals surface area contributed by atoms with Crippen molar-refractivity contribution in [1.82, 2.24) is 4.98 Å². The molecular formula is C25H28Cl2N4O2. The molecule has 6 nitrogen and oxygen atoms in total. The van der Waals surface area contributed by atoms with Crippen LogP contribution in [0.1, 0.15) is 31.2 Å². The normalized spacial score (nSPS) is 10.5. The van der Waals surface area contributed by atoms with Gasteiger partial charge in [0, 0.05) is 28.6 Å². The third kappa shape index (κ3) is 6.32. The van der Waals surface area contributed by atoms with Crippen molar-refractivity contribution in [3.05, 3.63) is 82.4 Å². The molecule has 8 heteroatoms. The molecule has 0 atom stereocenters. The van der Waals surface area contributed by atoms with Crippen LogP contribution < -0.4 is 11.1 Å². The van der Waals surface area contributed by atoms with Gasteiger partial charge in [-0.2, -0.15) is 0 Å². The van der Waals surface area contributed by atoms with E-state index in [-0.39, 0.29) is 30.5 Å². The van der Waals surface area contributed by atoms with Crippen LogP contribution in [-0.2, 0) is 6.42 Å². The standard InChI is InChI=1S/C25H26N4O2.2ClH/c26-16-6-2-1-3-7-18-10-12-19(13-11-18)27-25-21-8-4-5-9-23(21)28-24-17-20(29(30)31)14-15-22(24)25;;/h4-5,8-15,17H,1-3,6-7,16,26H2,(H,27,28);2*1H. The van der Waals surface area contributed by atoms with Crippen LogP contribution in [0, 0.1) is 10.1 Å². The van der Waals surface area contributed by atoms with E-state index in [9.17, 15) is 10.1 Å². The number of pyridine rings is 1. The number of nitrogens with zero attached hydrogens (tertiary/aromatic N) is 2. The largest absolute Gasteiger partial charge is 0.354 e. The van der Waals surface area contributed by atoms with Gasteiger partial charge in [-0.05, 0) is 55.6 Å². The molecule has 3 N–H and O–H groups in total. The van der Waals surface area contributed by atoms with Gasteiger partial charge in [0.1, 0.15) is 0 Å². The number of rotatable bonds is 9. The van der Waals surface area contributed by atoms with Crippen molar-refractivity contribution < 1.29 is 4.92 Å². The Morgan fingerprint density at radius 3 is 2.27 bits per heavy atom. The Morgan fingerprint density at radius 1 is 0.848 bits per heavy atom. The van der Waals surface area contributed by atoms with Crippen LogP contribution in [0.3, 0.4) is 0 Å². The summed E-state index contributed by atoms with van der Waals surface area (Å²) in [4.78, 5) is 15.4. The van der Waals surface area contributed by atoms with Crippen molar-refractivity contribution in [3.8, 4) is 0 Å². The molecule has 3 aromatic carbocycles. The van der Waals surface area contributed by atoms with Gasteiger partial charge < -0.3 is 11.1 Å². The van der Waals surface area contributed by atoms with E-state index < -0.39 is 4.92 Å². The average Bonchev–Trinajstić information content (AvgIpc) is 2.79. The second kappa shape index (κ2) is 12.3. The van der Waals surface area contributed by atoms with Crippen molar-refractivity contribution in [2.45, 2.75) is 32.1 Å². The maximum absolute atomic E-state index is 11.2. The van der Waals surface area contributed by atoms with Crippen molar-refractivity contribution in [1.29, 1.82) is 0 Å². The molecule has 0 saturated heterocycles. The van der Waals surface area contributed by atoms with Crippen LogP contribution in [0.25, 0.3) is 21.8 Å². The highest BCUT2D eigenvalue weighted by molar-refractivity contribution is 6.09. The number of aryl methyl sites for hydroxylation is 1. The molecule has 4 rings (SSSR count). The Balaban J connectivity index is 0.00000193. The van der Waals surface area contributed by atoms with Gasteiger partial charge >= 0.3 is 0 Å². The highest BCUT2D eigenvalue weighted by Crippen LogP contribution is 2.34. The molecule has 0 unspecified atom stereocenters. The van der Waals surface area contributed by atoms with Gasteiger partial charge in [-0.15, -0.1) is 24.8 Å². The highest BCUT2D eigenvalue weighted by atomic mass is 35.5. The van der Waals surface area contributed by atoms with Crippen LogP contribution in [0.5, 0.6) is 0 Å². The van der Waals surface area contributed by atoms with Gasteiger partial charge in [-0.1, -0.05) is 43.2 Å². The molecule has 0 aliphatic carbocycles. The highest BCUT2D eigenvalue weighted by Gasteiger charge is 2.13. The van der Waals surface area contributed by atoms with E-state index in [1.807, 2.05) is 24.3 Å². The Kier molecular flexibility index (Phi) is 9.85. The van der Waals surface area contributed by atoms with Crippen LogP contribution in [0.4, 0.5) is 17.1 Å². The summed E-state index contributed by atoms with van der Waals surface area (Å²) in [5.41, 5.74) is 10.2. The molecule has 0 radical (unpaired) electrons. The fourth-order valence-electron chi connectivity index (χ4n) is 3.86. The maximum atomic E-state index is 11.2. The molecule has 1 heterocycles. The summed E-state index contributed by atoms with van der Waals surface area (Å²) in [5, 5.41) is 16.6. The van der Waals surface area contributed by atoms with Gasteiger partial charge in [0.15, 0.2) is 0 Å². The molecule has 174 valence electrons. The van der Waals surface area contributed by atoms with Gasteiger partial charge in [-0.3, -0.25) is 10.1 Å². The van der Waals surface area contributed by atoms with E-state index in [2.05, 4.69) is 34.6 Å². The van der Waals surface area contributed by atoms with E-state index >= 15 is 0 Å². The molecule has 33 heavy (non-hydrogen) atoms. The second-order valence-electron chi connectivity index (χ2n) is 7.74. The summed E-state index contributed by atoms with van der Waals surface area (Å²) in [6.07, 6.45) is 5.73. The zero-order chi connectivity index (χ0) is 21.6. The predicted octanol–water partition coefficient (Wildman–Crippen LogP) is 6.95. The first-order valence-electron chi connectivity index (χ1n) is 10.7. The lowest BCUT2D eigenvalue weighted by Crippen LogP contribution is -1.98. The number of nitrogens with one attached hydrogen (secondary N) is 1. The number of nitrogens with two attached hydrogens (primary N) is 1. The quantitative estimate of drug-likeness (QED) is 0.115. The van der Waals surface area contributed by atoms with E-state index in [4.69, 9.17) is 5.73 Å². The Morgan fingerprint density at radius 2 is 1.55 bits per heavy atom. The van der Waals surface area contributed by atoms with Crippen molar-refractivity contribution in [2.24, 2.45) is 5.73 Å². The third-order valence-electron chi connectivity index (χ3n) is 5.52. The van der Waals surface area contributed by atoms with E-state index in [0.717, 1.165) is 47.1 Å². The number of hydrogen-bond acceptors (Lipinski definition) is 5. The minimum absolute atomic E-state index is 0. The Labute approximate surface area is 205 Å². The van der Waals surface area contributed by atoms with Crippen LogP contribution >= 0.6 is 24.8 Å². The SMILES string of the molecule is Cl.Cl.NCCCCCCc1ccc(Nc2c3ccccc3nc3cc([N+](=O)[O-])ccc23)cc1. The first-order chi connectivity index (χ1) is 15.2. The minimum Gasteiger partial charge on any atom is -0.354 e. The molecule has 1 aromatic heterocycles. The monoisotopic (exact) mass is 486 g/mol. The number of benzene rings is 3. The number of hydrogen-bond donors (Lipinski definition) is 2. The van der Waals surface area contributed by atoms with Crippen molar-refractivity contribution in [2.75, 3.05) is 11.9 Å². The lowest BCUT2D eigenvalue weighted by molar-refractivity contribution is -0.384. The number of halogens is 2. The summed E-state index contributed by atoms with van der Waals surface area (Å²) in [6, 6.07) is 21.1. The van der Waals surface area contributed by atoms with Gasteiger partial charge in [0.2, 0.25) is 0 Å². The van der Waals surface area contributed by atoms with Gasteiger partial charge in [-0.25, -0.2) is 4.98 Å². The first kappa shape index (κ1) is 26.3. The fraction of sp³-hybridized carbons (Fsp3) is 0.240. The first-order valence-corrected chi connectivity index (χ1v) is 10.7. The molecule has 0 saturated carbocycles. The zero-order valence-corrected chi connectivity index (χ0v) is 19.8. The zero-order valence-electron chi connectivity index (χ0n) is 18.2. The summed E-state index contributed by atoms with van der Waals surface area (Å²) in [5.74, 6) is 0. The number of para-hydroxylation sites is 1. The van der Waals surface area contributed by atoms with Crippen LogP contribution in [0.2, 0.25) is 0 Å². The summed E-state index contributed by atoms with van der Waals surface area (Å²) >= 11 is 0. The van der Waals surface area contributed by atoms with E-state index in [1.54, 1.807) is 6.07 Å². The lowest BCUT2D eigenvalue weighted by atomic mass is 10.0. The summed E-state index contributed by atoms with van der Waals surface area (Å²) in [6.45, 7) is 0.770. The van der Waals surface area contributed by atoms with Crippen molar-refractivity contribution >= 4 is 63.7 Å². The molecule has 0 amide bonds. The summed E-state index contributed by atoms with van der Waals surface area (Å²) < 4.78 is 0. The van der Waals surface area contributed by atoms with Gasteiger partial charge in [0.05, 0.1) is 21.6 Å².